The van der Waals surface area contributed by atoms with Crippen molar-refractivity contribution >= 4 is 17.9 Å². The van der Waals surface area contributed by atoms with Crippen LogP contribution in [0.1, 0.15) is 232 Å². The normalized spacial score (nSPS) is 13.8. The Kier molecular flexibility index (Phi) is 60.6. The minimum absolute atomic E-state index is 0.173. The SMILES string of the molecule is CC/C=C\C/C=C\C/C=C\C/C=C\C/C=C\C/C=C\C/C=C\CCCCCCCCCCCCCCCC(=O)OC(COC(=O)CCCCC/C=C\C/C=C\C/C=C\C/C=C\C/C=C\C/C=C\C/C=C\CC)COC(OCC[N+](C)(C)C)C(=O)O. The lowest BCUT2D eigenvalue weighted by Crippen LogP contribution is -2.40. The van der Waals surface area contributed by atoms with E-state index >= 15 is 0 Å². The number of carboxylic acid groups (broad SMARTS) is 1. The van der Waals surface area contributed by atoms with Crippen molar-refractivity contribution in [2.45, 2.75) is 245 Å². The van der Waals surface area contributed by atoms with E-state index in [1.54, 1.807) is 0 Å². The van der Waals surface area contributed by atoms with Crippen LogP contribution in [-0.4, -0.2) is 87.4 Å². The Hall–Kier alpha value is -5.35. The topological polar surface area (TPSA) is 108 Å². The number of unbranched alkanes of at least 4 members (excludes halogenated alkanes) is 16. The van der Waals surface area contributed by atoms with Crippen molar-refractivity contribution in [3.63, 3.8) is 0 Å². The molecule has 9 nitrogen and oxygen atoms in total. The zero-order valence-corrected chi connectivity index (χ0v) is 54.4. The van der Waals surface area contributed by atoms with Gasteiger partial charge in [-0.3, -0.25) is 9.59 Å². The molecule has 0 saturated carbocycles. The van der Waals surface area contributed by atoms with Crippen molar-refractivity contribution in [1.29, 1.82) is 0 Å². The highest BCUT2D eigenvalue weighted by molar-refractivity contribution is 5.71. The second kappa shape index (κ2) is 64.6. The van der Waals surface area contributed by atoms with Crippen molar-refractivity contribution in [3.05, 3.63) is 170 Å². The number of allylic oxidation sites excluding steroid dienone is 28. The predicted octanol–water partition coefficient (Wildman–Crippen LogP) is 20.7. The second-order valence-electron chi connectivity index (χ2n) is 22.7. The minimum Gasteiger partial charge on any atom is -0.477 e. The van der Waals surface area contributed by atoms with Crippen LogP contribution < -0.4 is 0 Å². The summed E-state index contributed by atoms with van der Waals surface area (Å²) < 4.78 is 22.9. The third kappa shape index (κ3) is 66.0. The smallest absolute Gasteiger partial charge is 0.361 e. The fourth-order valence-electron chi connectivity index (χ4n) is 8.44. The van der Waals surface area contributed by atoms with Gasteiger partial charge in [0.15, 0.2) is 6.10 Å². The molecule has 0 aromatic heterocycles. The van der Waals surface area contributed by atoms with Crippen molar-refractivity contribution in [1.82, 2.24) is 0 Å². The average molecular weight is 1180 g/mol. The van der Waals surface area contributed by atoms with E-state index in [1.165, 1.54) is 64.2 Å². The van der Waals surface area contributed by atoms with Crippen molar-refractivity contribution in [2.75, 3.05) is 47.5 Å². The van der Waals surface area contributed by atoms with E-state index in [0.29, 0.717) is 23.9 Å². The molecule has 0 aromatic carbocycles. The fourth-order valence-corrected chi connectivity index (χ4v) is 8.44. The Morgan fingerprint density at radius 2 is 0.635 bits per heavy atom. The van der Waals surface area contributed by atoms with Gasteiger partial charge in [-0.1, -0.05) is 261 Å². The first-order valence-corrected chi connectivity index (χ1v) is 33.3. The molecule has 0 radical (unpaired) electrons. The van der Waals surface area contributed by atoms with Crippen LogP contribution >= 0.6 is 0 Å². The first-order chi connectivity index (χ1) is 41.6. The molecule has 85 heavy (non-hydrogen) atoms. The number of hydrogen-bond donors (Lipinski definition) is 1. The zero-order chi connectivity index (χ0) is 61.9. The maximum Gasteiger partial charge on any atom is 0.361 e. The van der Waals surface area contributed by atoms with Crippen molar-refractivity contribution < 1.29 is 42.9 Å². The summed E-state index contributed by atoms with van der Waals surface area (Å²) in [4.78, 5) is 37.6. The van der Waals surface area contributed by atoms with Gasteiger partial charge in [-0.25, -0.2) is 4.79 Å². The van der Waals surface area contributed by atoms with Crippen LogP contribution in [0.4, 0.5) is 0 Å². The lowest BCUT2D eigenvalue weighted by Gasteiger charge is -2.25. The van der Waals surface area contributed by atoms with Gasteiger partial charge in [-0.15, -0.1) is 0 Å². The van der Waals surface area contributed by atoms with Crippen molar-refractivity contribution in [3.8, 4) is 0 Å². The monoisotopic (exact) mass is 1180 g/mol. The molecule has 0 aromatic rings. The highest BCUT2D eigenvalue weighted by Crippen LogP contribution is 2.15. The third-order valence-corrected chi connectivity index (χ3v) is 13.5. The van der Waals surface area contributed by atoms with Crippen LogP contribution in [0.2, 0.25) is 0 Å². The molecular weight excluding hydrogens is 1050 g/mol. The first kappa shape index (κ1) is 79.7. The van der Waals surface area contributed by atoms with Crippen LogP contribution in [0.25, 0.3) is 0 Å². The summed E-state index contributed by atoms with van der Waals surface area (Å²) in [5, 5.41) is 9.74. The summed E-state index contributed by atoms with van der Waals surface area (Å²) in [6, 6.07) is 0. The second-order valence-corrected chi connectivity index (χ2v) is 22.7. The van der Waals surface area contributed by atoms with Gasteiger partial charge in [0.05, 0.1) is 34.4 Å². The number of quaternary nitrogens is 1. The number of rotatable bonds is 59. The Morgan fingerprint density at radius 3 is 0.953 bits per heavy atom. The van der Waals surface area contributed by atoms with Gasteiger partial charge in [0, 0.05) is 12.8 Å². The Labute approximate surface area is 520 Å². The van der Waals surface area contributed by atoms with Crippen LogP contribution in [0.3, 0.4) is 0 Å². The summed E-state index contributed by atoms with van der Waals surface area (Å²) in [5.41, 5.74) is 0. The Balaban J connectivity index is 4.24. The van der Waals surface area contributed by atoms with Gasteiger partial charge >= 0.3 is 17.9 Å². The summed E-state index contributed by atoms with van der Waals surface area (Å²) >= 11 is 0. The summed E-state index contributed by atoms with van der Waals surface area (Å²) in [7, 11) is 5.95. The molecular formula is C76H122NO8+. The number of likely N-dealkylation sites (N-methyl/N-ethyl adjacent to an activating group) is 1. The summed E-state index contributed by atoms with van der Waals surface area (Å²) in [6.07, 6.45) is 94.5. The molecule has 2 atom stereocenters. The van der Waals surface area contributed by atoms with E-state index in [0.717, 1.165) is 128 Å². The molecule has 1 N–H and O–H groups in total. The van der Waals surface area contributed by atoms with Crippen molar-refractivity contribution in [2.24, 2.45) is 0 Å². The van der Waals surface area contributed by atoms with Crippen LogP contribution in [-0.2, 0) is 33.3 Å². The highest BCUT2D eigenvalue weighted by Gasteiger charge is 2.25. The molecule has 0 saturated heterocycles. The number of hydrogen-bond acceptors (Lipinski definition) is 7. The molecule has 0 rings (SSSR count). The number of esters is 2. The molecule has 0 heterocycles. The quantitative estimate of drug-likeness (QED) is 0.0211. The van der Waals surface area contributed by atoms with Gasteiger partial charge in [0.25, 0.3) is 6.29 Å². The molecule has 2 unspecified atom stereocenters. The standard InChI is InChI=1S/C76H121NO8/c1-6-8-10-12-14-16-18-20-22-24-26-28-30-32-33-34-35-36-37-38-39-40-41-43-45-47-49-51-53-55-57-59-61-63-65-67-74(79)85-72(71-84-76(75(80)81)82-69-68-77(3,4)5)70-83-73(78)66-64-62-60-58-56-54-52-50-48-46-44-42-31-29-27-25-23-21-19-17-15-13-11-9-7-2/h8-11,14-17,20-23,26-29,32-33,35-36,38-39,42,44,48,50,54,56,72,76H,6-7,12-13,18-19,24-25,30-31,34,37,40-41,43,45-47,49,51-53,55,57-71H2,1-5H3/p+1/b10-8-,11-9-,16-14-,17-15-,22-20-,23-21-,28-26-,29-27-,33-32-,36-35-,39-38-,44-42-,50-48-,56-54-. The maximum absolute atomic E-state index is 12.9. The lowest BCUT2D eigenvalue weighted by atomic mass is 10.0. The van der Waals surface area contributed by atoms with E-state index in [9.17, 15) is 19.5 Å². The van der Waals surface area contributed by atoms with E-state index in [2.05, 4.69) is 184 Å². The molecule has 0 bridgehead atoms. The van der Waals surface area contributed by atoms with Gasteiger partial charge in [0.1, 0.15) is 13.2 Å². The fraction of sp³-hybridized carbons (Fsp3) is 0.592. The van der Waals surface area contributed by atoms with Crippen LogP contribution in [0, 0.1) is 0 Å². The summed E-state index contributed by atoms with van der Waals surface area (Å²) in [5.74, 6) is -2.07. The number of carboxylic acids is 1. The Bertz CT molecular complexity index is 2000. The van der Waals surface area contributed by atoms with E-state index < -0.39 is 24.3 Å². The average Bonchev–Trinajstić information content (AvgIpc) is 3.48. The molecule has 0 amide bonds. The van der Waals surface area contributed by atoms with Crippen LogP contribution in [0.5, 0.6) is 0 Å². The Morgan fingerprint density at radius 1 is 0.353 bits per heavy atom. The minimum atomic E-state index is -1.53. The predicted molar refractivity (Wildman–Crippen MR) is 363 cm³/mol. The highest BCUT2D eigenvalue weighted by atomic mass is 16.7. The molecule has 0 spiro atoms. The lowest BCUT2D eigenvalue weighted by molar-refractivity contribution is -0.870. The van der Waals surface area contributed by atoms with Gasteiger partial charge in [-0.05, 0) is 128 Å². The molecule has 0 aliphatic heterocycles. The molecule has 0 aliphatic rings. The number of aliphatic carboxylic acids is 1. The van der Waals surface area contributed by atoms with Gasteiger partial charge < -0.3 is 28.5 Å². The molecule has 478 valence electrons. The van der Waals surface area contributed by atoms with E-state index in [1.807, 2.05) is 21.1 Å². The van der Waals surface area contributed by atoms with E-state index in [-0.39, 0.29) is 38.6 Å². The van der Waals surface area contributed by atoms with Gasteiger partial charge in [0.2, 0.25) is 0 Å². The number of carbonyl (C=O) groups is 3. The van der Waals surface area contributed by atoms with Crippen LogP contribution in [0.15, 0.2) is 170 Å². The molecule has 0 aliphatic carbocycles. The van der Waals surface area contributed by atoms with Gasteiger partial charge in [-0.2, -0.15) is 0 Å². The number of ether oxygens (including phenoxy) is 4. The largest absolute Gasteiger partial charge is 0.477 e. The maximum atomic E-state index is 12.9. The van der Waals surface area contributed by atoms with E-state index in [4.69, 9.17) is 18.9 Å². The zero-order valence-electron chi connectivity index (χ0n) is 54.4. The first-order valence-electron chi connectivity index (χ1n) is 33.3. The third-order valence-electron chi connectivity index (χ3n) is 13.5. The summed E-state index contributed by atoms with van der Waals surface area (Å²) in [6.45, 7) is 4.59. The number of carbonyl (C=O) groups excluding carboxylic acids is 2. The number of nitrogens with zero attached hydrogens (tertiary/aromatic N) is 1. The molecule has 0 fully saturated rings. The molecule has 9 heteroatoms.